The number of rotatable bonds is 0. The zero-order chi connectivity index (χ0) is 2.71. The SMILES string of the molecule is I[IH]I.P. The van der Waals surface area contributed by atoms with Gasteiger partial charge in [0.1, 0.15) is 0 Å². The van der Waals surface area contributed by atoms with Crippen molar-refractivity contribution < 1.29 is 0 Å². The third-order valence-corrected chi connectivity index (χ3v) is 0. The van der Waals surface area contributed by atoms with Gasteiger partial charge in [0.15, 0.2) is 0 Å². The topological polar surface area (TPSA) is 0 Å². The van der Waals surface area contributed by atoms with E-state index in [2.05, 4.69) is 37.2 Å². The van der Waals surface area contributed by atoms with Gasteiger partial charge in [-0.1, -0.05) is 0 Å². The van der Waals surface area contributed by atoms with E-state index in [4.69, 9.17) is 0 Å². The van der Waals surface area contributed by atoms with Crippen molar-refractivity contribution in [1.82, 2.24) is 0 Å². The summed E-state index contributed by atoms with van der Waals surface area (Å²) in [6.07, 6.45) is 0. The average molecular weight is 416 g/mol. The Morgan fingerprint density at radius 1 is 1.25 bits per heavy atom. The molecule has 1 unspecified atom stereocenters. The molecule has 0 aromatic carbocycles. The third kappa shape index (κ3) is 8.82. The number of halogens is 3. The molecule has 1 atom stereocenters. The second-order valence-electron chi connectivity index (χ2n) is 0.0583. The molecule has 0 aliphatic rings. The van der Waals surface area contributed by atoms with Crippen LogP contribution in [0.3, 0.4) is 0 Å². The van der Waals surface area contributed by atoms with Crippen molar-refractivity contribution >= 4 is 60.4 Å². The minimum atomic E-state index is 0. The first-order valence-electron chi connectivity index (χ1n) is 0.309. The largest absolute Gasteiger partial charge is 0.153 e. The standard InChI is InChI=1S/HI3.H3P/c1-3-2;/h3H;1H3. The van der Waals surface area contributed by atoms with Crippen LogP contribution in [0, 0.1) is 0 Å². The van der Waals surface area contributed by atoms with Crippen LogP contribution < -0.4 is 0 Å². The van der Waals surface area contributed by atoms with Gasteiger partial charge in [0, 0.05) is 0 Å². The summed E-state index contributed by atoms with van der Waals surface area (Å²) in [5.41, 5.74) is 0. The summed E-state index contributed by atoms with van der Waals surface area (Å²) in [6.45, 7) is 0. The quantitative estimate of drug-likeness (QED) is 0.421. The first kappa shape index (κ1) is 9.80. The molecule has 0 N–H and O–H groups in total. The third-order valence-electron chi connectivity index (χ3n) is 0. The minimum Gasteiger partial charge on any atom is -0.153 e. The van der Waals surface area contributed by atoms with Crippen molar-refractivity contribution in [2.75, 3.05) is 0 Å². The van der Waals surface area contributed by atoms with Crippen LogP contribution in [0.5, 0.6) is 0 Å². The molecule has 30 valence electrons. The summed E-state index contributed by atoms with van der Waals surface area (Å²) in [5, 5.41) is 0. The van der Waals surface area contributed by atoms with Gasteiger partial charge in [-0.2, -0.15) is 9.90 Å². The number of hydrogen-bond acceptors (Lipinski definition) is 0. The van der Waals surface area contributed by atoms with Gasteiger partial charge in [0.05, 0.1) is 0 Å². The van der Waals surface area contributed by atoms with Crippen molar-refractivity contribution in [2.24, 2.45) is 0 Å². The van der Waals surface area contributed by atoms with Crippen LogP contribution in [-0.2, 0) is 0 Å². The van der Waals surface area contributed by atoms with Gasteiger partial charge in [0.2, 0.25) is 0 Å². The van der Waals surface area contributed by atoms with E-state index in [1.807, 2.05) is 0 Å². The van der Waals surface area contributed by atoms with Crippen molar-refractivity contribution in [3.63, 3.8) is 0 Å². The molecule has 0 heterocycles. The van der Waals surface area contributed by atoms with Crippen LogP contribution in [-0.4, -0.2) is 0 Å². The number of hydrogen-bond donors (Lipinski definition) is 0. The fourth-order valence-electron chi connectivity index (χ4n) is 0. The molecule has 0 saturated carbocycles. The average Bonchev–Trinajstić information content (AvgIpc) is 0.918. The monoisotopic (exact) mass is 416 g/mol. The van der Waals surface area contributed by atoms with Crippen molar-refractivity contribution in [2.45, 2.75) is 0 Å². The van der Waals surface area contributed by atoms with Crippen molar-refractivity contribution in [3.8, 4) is 0 Å². The van der Waals surface area contributed by atoms with Gasteiger partial charge < -0.3 is 0 Å². The molecule has 0 spiro atoms. The van der Waals surface area contributed by atoms with E-state index in [1.165, 1.54) is 0 Å². The van der Waals surface area contributed by atoms with E-state index in [0.29, 0.717) is 13.3 Å². The van der Waals surface area contributed by atoms with E-state index in [1.54, 1.807) is 0 Å². The van der Waals surface area contributed by atoms with Crippen LogP contribution in [0.25, 0.3) is 0 Å². The first-order chi connectivity index (χ1) is 1.41. The molecule has 0 aliphatic heterocycles. The van der Waals surface area contributed by atoms with Gasteiger partial charge in [-0.05, 0) is 0 Å². The van der Waals surface area contributed by atoms with E-state index in [9.17, 15) is 0 Å². The van der Waals surface area contributed by atoms with Gasteiger partial charge in [-0.3, -0.25) is 0 Å². The van der Waals surface area contributed by atoms with E-state index in [-0.39, 0.29) is 9.90 Å². The van der Waals surface area contributed by atoms with Crippen LogP contribution in [0.1, 0.15) is 0 Å². The van der Waals surface area contributed by atoms with Gasteiger partial charge >= 0.3 is 50.5 Å². The van der Waals surface area contributed by atoms with Crippen LogP contribution in [0.2, 0.25) is 0 Å². The Morgan fingerprint density at radius 2 is 1.25 bits per heavy atom. The fourth-order valence-corrected chi connectivity index (χ4v) is 0. The predicted molar refractivity (Wildman–Crippen MR) is 54.6 cm³/mol. The second kappa shape index (κ2) is 9.15. The van der Waals surface area contributed by atoms with E-state index >= 15 is 0 Å². The second-order valence-corrected chi connectivity index (χ2v) is 17.6. The van der Waals surface area contributed by atoms with Gasteiger partial charge in [-0.25, -0.2) is 0 Å². The summed E-state index contributed by atoms with van der Waals surface area (Å²) in [4.78, 5) is 0. The Balaban J connectivity index is 0. The maximum absolute atomic E-state index is 2.41. The molecule has 0 bridgehead atoms. The molecule has 0 fully saturated rings. The van der Waals surface area contributed by atoms with Gasteiger partial charge in [-0.15, -0.1) is 0 Å². The first-order valence-corrected chi connectivity index (χ1v) is 13.9. The predicted octanol–water partition coefficient (Wildman–Crippen LogP) is 2.45. The summed E-state index contributed by atoms with van der Waals surface area (Å²) in [6, 6.07) is 0. The summed E-state index contributed by atoms with van der Waals surface area (Å²) >= 11 is 5.22. The fraction of sp³-hybridized carbons (Fsp3) is 0. The Morgan fingerprint density at radius 3 is 1.25 bits per heavy atom. The normalized spacial score (nSPS) is 5.50. The zero-order valence-corrected chi connectivity index (χ0v) is 9.93. The van der Waals surface area contributed by atoms with Crippen LogP contribution in [0.4, 0.5) is 0 Å². The maximum Gasteiger partial charge on any atom is -0.153 e. The summed E-state index contributed by atoms with van der Waals surface area (Å²) in [7, 11) is 0. The van der Waals surface area contributed by atoms with Gasteiger partial charge in [0.25, 0.3) is 0 Å². The Labute approximate surface area is 59.1 Å². The molecule has 0 aromatic rings. The van der Waals surface area contributed by atoms with E-state index in [0.717, 1.165) is 0 Å². The van der Waals surface area contributed by atoms with Crippen molar-refractivity contribution in [1.29, 1.82) is 0 Å². The molecule has 0 radical (unpaired) electrons. The Kier molecular flexibility index (Phi) is 22.4. The molecular formula is H4I3P. The minimum absolute atomic E-state index is 0. The zero-order valence-electron chi connectivity index (χ0n) is 1.87. The Bertz CT molecular complexity index is 3.25. The summed E-state index contributed by atoms with van der Waals surface area (Å²) in [5.74, 6) is 0. The van der Waals surface area contributed by atoms with E-state index < -0.39 is 0 Å². The molecule has 0 rings (SSSR count). The molecule has 0 saturated heterocycles. The molecular weight excluding hydrogens is 412 g/mol. The maximum atomic E-state index is 2.41. The molecule has 4 heteroatoms. The smallest absolute Gasteiger partial charge is 0.153 e. The molecule has 0 aromatic heterocycles. The molecule has 0 nitrogen and oxygen atoms in total. The molecule has 4 heavy (non-hydrogen) atoms. The Hall–Kier alpha value is 2.62. The molecule has 0 amide bonds. The van der Waals surface area contributed by atoms with Crippen LogP contribution in [0.15, 0.2) is 0 Å². The van der Waals surface area contributed by atoms with Crippen LogP contribution >= 0.6 is 60.4 Å². The molecule has 0 aliphatic carbocycles. The summed E-state index contributed by atoms with van der Waals surface area (Å²) < 4.78 is 0. The van der Waals surface area contributed by atoms with Crippen molar-refractivity contribution in [3.05, 3.63) is 0 Å².